The Morgan fingerprint density at radius 2 is 2.00 bits per heavy atom. The highest BCUT2D eigenvalue weighted by Crippen LogP contribution is 2.35. The summed E-state index contributed by atoms with van der Waals surface area (Å²) < 4.78 is 0. The Morgan fingerprint density at radius 1 is 1.26 bits per heavy atom. The number of anilines is 1. The van der Waals surface area contributed by atoms with Crippen LogP contribution in [0.3, 0.4) is 0 Å². The van der Waals surface area contributed by atoms with Crippen molar-refractivity contribution < 1.29 is 4.79 Å². The van der Waals surface area contributed by atoms with Crippen LogP contribution in [0, 0.1) is 19.3 Å². The van der Waals surface area contributed by atoms with Gasteiger partial charge in [-0.25, -0.2) is 4.79 Å². The quantitative estimate of drug-likeness (QED) is 0.849. The summed E-state index contributed by atoms with van der Waals surface area (Å²) in [6.45, 7) is 2.32. The predicted molar refractivity (Wildman–Crippen MR) is 93.2 cm³/mol. The van der Waals surface area contributed by atoms with Gasteiger partial charge in [0.25, 0.3) is 0 Å². The molecule has 0 bridgehead atoms. The molecule has 3 nitrogen and oxygen atoms in total. The molecule has 0 radical (unpaired) electrons. The van der Waals surface area contributed by atoms with Crippen LogP contribution in [0.15, 0.2) is 48.5 Å². The molecule has 2 amide bonds. The van der Waals surface area contributed by atoms with Crippen LogP contribution in [0.2, 0.25) is 0 Å². The Labute approximate surface area is 137 Å². The number of hydrogen-bond donors (Lipinski definition) is 1. The first-order chi connectivity index (χ1) is 11.2. The number of fused-ring (bicyclic) bond motifs is 1. The fourth-order valence-corrected chi connectivity index (χ4v) is 3.11. The Hall–Kier alpha value is -2.73. The van der Waals surface area contributed by atoms with Crippen LogP contribution in [-0.4, -0.2) is 17.5 Å². The summed E-state index contributed by atoms with van der Waals surface area (Å²) in [5.41, 5.74) is 4.46. The van der Waals surface area contributed by atoms with E-state index in [-0.39, 0.29) is 12.1 Å². The maximum absolute atomic E-state index is 12.7. The SMILES string of the molecule is C#CCN(C(=O)Nc1ccc(C)cc1)C1CCc2ccccc21. The van der Waals surface area contributed by atoms with Gasteiger partial charge in [-0.15, -0.1) is 6.42 Å². The molecular weight excluding hydrogens is 284 g/mol. The molecule has 1 aliphatic carbocycles. The number of amides is 2. The van der Waals surface area contributed by atoms with Crippen molar-refractivity contribution in [3.05, 3.63) is 65.2 Å². The standard InChI is InChI=1S/C20H20N2O/c1-3-14-22(19-13-10-16-6-4-5-7-18(16)19)20(23)21-17-11-8-15(2)9-12-17/h1,4-9,11-12,19H,10,13-14H2,2H3,(H,21,23). The van der Waals surface area contributed by atoms with Gasteiger partial charge in [-0.05, 0) is 43.0 Å². The number of nitrogens with one attached hydrogen (secondary N) is 1. The number of carbonyl (C=O) groups is 1. The zero-order valence-corrected chi connectivity index (χ0v) is 13.3. The smallest absolute Gasteiger partial charge is 0.308 e. The number of nitrogens with zero attached hydrogens (tertiary/aromatic N) is 1. The maximum atomic E-state index is 12.7. The lowest BCUT2D eigenvalue weighted by Crippen LogP contribution is -2.37. The average Bonchev–Trinajstić information content (AvgIpc) is 2.98. The second-order valence-corrected chi connectivity index (χ2v) is 5.88. The molecule has 1 N–H and O–H groups in total. The summed E-state index contributed by atoms with van der Waals surface area (Å²) in [5, 5.41) is 2.95. The third-order valence-electron chi connectivity index (χ3n) is 4.30. The maximum Gasteiger partial charge on any atom is 0.323 e. The first-order valence-corrected chi connectivity index (χ1v) is 7.84. The Bertz CT molecular complexity index is 743. The van der Waals surface area contributed by atoms with Crippen LogP contribution in [0.1, 0.15) is 29.2 Å². The summed E-state index contributed by atoms with van der Waals surface area (Å²) >= 11 is 0. The highest BCUT2D eigenvalue weighted by Gasteiger charge is 2.30. The minimum atomic E-state index is -0.145. The van der Waals surface area contributed by atoms with Gasteiger partial charge in [0.05, 0.1) is 12.6 Å². The van der Waals surface area contributed by atoms with Gasteiger partial charge < -0.3 is 10.2 Å². The van der Waals surface area contributed by atoms with Gasteiger partial charge in [0.15, 0.2) is 0 Å². The van der Waals surface area contributed by atoms with Crippen molar-refractivity contribution in [3.8, 4) is 12.3 Å². The van der Waals surface area contributed by atoms with Gasteiger partial charge in [-0.1, -0.05) is 47.9 Å². The van der Waals surface area contributed by atoms with Crippen molar-refractivity contribution in [2.24, 2.45) is 0 Å². The normalized spacial score (nSPS) is 15.6. The molecule has 2 aromatic carbocycles. The number of aryl methyl sites for hydroxylation is 2. The molecule has 1 aliphatic rings. The largest absolute Gasteiger partial charge is 0.323 e. The number of carbonyl (C=O) groups excluding carboxylic acids is 1. The number of terminal acetylenes is 1. The van der Waals surface area contributed by atoms with Crippen molar-refractivity contribution in [2.75, 3.05) is 11.9 Å². The molecule has 1 unspecified atom stereocenters. The van der Waals surface area contributed by atoms with E-state index in [0.29, 0.717) is 6.54 Å². The monoisotopic (exact) mass is 304 g/mol. The number of urea groups is 1. The van der Waals surface area contributed by atoms with E-state index < -0.39 is 0 Å². The zero-order valence-electron chi connectivity index (χ0n) is 13.3. The van der Waals surface area contributed by atoms with Crippen molar-refractivity contribution in [2.45, 2.75) is 25.8 Å². The molecule has 0 saturated carbocycles. The molecule has 0 saturated heterocycles. The van der Waals surface area contributed by atoms with Gasteiger partial charge in [-0.2, -0.15) is 0 Å². The molecular formula is C20H20N2O. The highest BCUT2D eigenvalue weighted by molar-refractivity contribution is 5.90. The lowest BCUT2D eigenvalue weighted by molar-refractivity contribution is 0.197. The molecule has 0 fully saturated rings. The lowest BCUT2D eigenvalue weighted by Gasteiger charge is -2.28. The van der Waals surface area contributed by atoms with E-state index in [9.17, 15) is 4.79 Å². The van der Waals surface area contributed by atoms with Gasteiger partial charge in [0, 0.05) is 5.69 Å². The van der Waals surface area contributed by atoms with E-state index in [4.69, 9.17) is 6.42 Å². The van der Waals surface area contributed by atoms with Crippen LogP contribution in [0.4, 0.5) is 10.5 Å². The van der Waals surface area contributed by atoms with Gasteiger partial charge in [0.2, 0.25) is 0 Å². The average molecular weight is 304 g/mol. The van der Waals surface area contributed by atoms with Crippen LogP contribution in [0.5, 0.6) is 0 Å². The summed E-state index contributed by atoms with van der Waals surface area (Å²) in [5.74, 6) is 2.62. The Kier molecular flexibility index (Phi) is 4.34. The van der Waals surface area contributed by atoms with E-state index in [0.717, 1.165) is 24.1 Å². The molecule has 2 aromatic rings. The summed E-state index contributed by atoms with van der Waals surface area (Å²) in [7, 11) is 0. The summed E-state index contributed by atoms with van der Waals surface area (Å²) in [4.78, 5) is 14.5. The van der Waals surface area contributed by atoms with Crippen molar-refractivity contribution in [1.82, 2.24) is 4.90 Å². The van der Waals surface area contributed by atoms with Crippen LogP contribution < -0.4 is 5.32 Å². The molecule has 0 heterocycles. The molecule has 23 heavy (non-hydrogen) atoms. The summed E-state index contributed by atoms with van der Waals surface area (Å²) in [6.07, 6.45) is 7.40. The number of hydrogen-bond acceptors (Lipinski definition) is 1. The molecule has 0 spiro atoms. The minimum Gasteiger partial charge on any atom is -0.308 e. The molecule has 0 aromatic heterocycles. The van der Waals surface area contributed by atoms with Crippen LogP contribution >= 0.6 is 0 Å². The Morgan fingerprint density at radius 3 is 2.74 bits per heavy atom. The number of rotatable bonds is 3. The van der Waals surface area contributed by atoms with Gasteiger partial charge in [-0.3, -0.25) is 0 Å². The molecule has 0 aliphatic heterocycles. The van der Waals surface area contributed by atoms with E-state index in [2.05, 4.69) is 23.4 Å². The lowest BCUT2D eigenvalue weighted by atomic mass is 10.1. The topological polar surface area (TPSA) is 32.3 Å². The first kappa shape index (κ1) is 15.2. The highest BCUT2D eigenvalue weighted by atomic mass is 16.2. The van der Waals surface area contributed by atoms with Gasteiger partial charge >= 0.3 is 6.03 Å². The van der Waals surface area contributed by atoms with Crippen LogP contribution in [-0.2, 0) is 6.42 Å². The van der Waals surface area contributed by atoms with E-state index in [1.807, 2.05) is 43.3 Å². The summed E-state index contributed by atoms with van der Waals surface area (Å²) in [6, 6.07) is 16.0. The predicted octanol–water partition coefficient (Wildman–Crippen LogP) is 4.15. The third-order valence-corrected chi connectivity index (χ3v) is 4.30. The molecule has 3 heteroatoms. The second-order valence-electron chi connectivity index (χ2n) is 5.88. The van der Waals surface area contributed by atoms with Crippen LogP contribution in [0.25, 0.3) is 0 Å². The fourth-order valence-electron chi connectivity index (χ4n) is 3.11. The van der Waals surface area contributed by atoms with Crippen molar-refractivity contribution in [1.29, 1.82) is 0 Å². The van der Waals surface area contributed by atoms with E-state index in [1.54, 1.807) is 4.90 Å². The molecule has 1 atom stereocenters. The number of benzene rings is 2. The fraction of sp³-hybridized carbons (Fsp3) is 0.250. The Balaban J connectivity index is 1.80. The van der Waals surface area contributed by atoms with E-state index in [1.165, 1.54) is 11.1 Å². The first-order valence-electron chi connectivity index (χ1n) is 7.84. The zero-order chi connectivity index (χ0) is 16.2. The minimum absolute atomic E-state index is 0.0488. The van der Waals surface area contributed by atoms with Gasteiger partial charge in [0.1, 0.15) is 0 Å². The van der Waals surface area contributed by atoms with Crippen molar-refractivity contribution >= 4 is 11.7 Å². The molecule has 3 rings (SSSR count). The third kappa shape index (κ3) is 3.22. The van der Waals surface area contributed by atoms with E-state index >= 15 is 0 Å². The molecule has 116 valence electrons. The van der Waals surface area contributed by atoms with Crippen molar-refractivity contribution in [3.63, 3.8) is 0 Å². The second kappa shape index (κ2) is 6.58.